The van der Waals surface area contributed by atoms with Crippen molar-refractivity contribution >= 4 is 5.97 Å². The molecule has 4 nitrogen and oxygen atoms in total. The van der Waals surface area contributed by atoms with Crippen LogP contribution in [0.5, 0.6) is 0 Å². The van der Waals surface area contributed by atoms with Crippen LogP contribution in [0, 0.1) is 23.2 Å². The van der Waals surface area contributed by atoms with Gasteiger partial charge in [0.15, 0.2) is 0 Å². The molecule has 0 amide bonds. The number of hydrogen-bond donors (Lipinski definition) is 2. The predicted molar refractivity (Wildman–Crippen MR) is 117 cm³/mol. The quantitative estimate of drug-likeness (QED) is 0.580. The number of nitrogens with one attached hydrogen (secondary N) is 2. The maximum absolute atomic E-state index is 12.8. The first-order valence-electron chi connectivity index (χ1n) is 12.1. The van der Waals surface area contributed by atoms with Gasteiger partial charge in [-0.3, -0.25) is 4.79 Å². The first kappa shape index (κ1) is 20.3. The van der Waals surface area contributed by atoms with Crippen molar-refractivity contribution in [2.24, 2.45) is 23.2 Å². The van der Waals surface area contributed by atoms with Crippen molar-refractivity contribution in [1.29, 1.82) is 0 Å². The van der Waals surface area contributed by atoms with Crippen LogP contribution in [0.4, 0.5) is 0 Å². The second-order valence-electron chi connectivity index (χ2n) is 10.8. The third kappa shape index (κ3) is 3.85. The topological polar surface area (TPSA) is 35.2 Å². The van der Waals surface area contributed by atoms with Crippen LogP contribution in [0.2, 0.25) is 0 Å². The summed E-state index contributed by atoms with van der Waals surface area (Å²) in [5.41, 5.74) is 3.16. The largest absolute Gasteiger partial charge is 0.462 e. The van der Waals surface area contributed by atoms with Gasteiger partial charge < -0.3 is 14.5 Å². The fraction of sp³-hybridized carbons (Fsp3) is 0.654. The summed E-state index contributed by atoms with van der Waals surface area (Å²) in [6.07, 6.45) is 6.01. The third-order valence-electron chi connectivity index (χ3n) is 8.79. The van der Waals surface area contributed by atoms with Gasteiger partial charge in [-0.15, -0.1) is 0 Å². The molecule has 2 N–H and O–H groups in total. The number of quaternary nitrogens is 2. The van der Waals surface area contributed by atoms with E-state index >= 15 is 0 Å². The highest BCUT2D eigenvalue weighted by Gasteiger charge is 2.56. The molecule has 1 aromatic rings. The van der Waals surface area contributed by atoms with E-state index in [9.17, 15) is 4.79 Å². The molecule has 2 aliphatic heterocycles. The van der Waals surface area contributed by atoms with Crippen LogP contribution in [-0.4, -0.2) is 44.8 Å². The molecule has 0 unspecified atom stereocenters. The number of esters is 1. The summed E-state index contributed by atoms with van der Waals surface area (Å²) in [5, 5.41) is 0. The Morgan fingerprint density at radius 2 is 1.87 bits per heavy atom. The van der Waals surface area contributed by atoms with Gasteiger partial charge in [0.05, 0.1) is 6.54 Å². The molecule has 30 heavy (non-hydrogen) atoms. The molecular weight excluding hydrogens is 372 g/mol. The van der Waals surface area contributed by atoms with Crippen molar-refractivity contribution in [3.8, 4) is 0 Å². The normalized spacial score (nSPS) is 41.1. The van der Waals surface area contributed by atoms with Crippen molar-refractivity contribution < 1.29 is 19.3 Å². The lowest BCUT2D eigenvalue weighted by Crippen LogP contribution is -3.27. The van der Waals surface area contributed by atoms with E-state index in [1.54, 1.807) is 9.80 Å². The van der Waals surface area contributed by atoms with E-state index in [2.05, 4.69) is 43.8 Å². The Morgan fingerprint density at radius 1 is 1.13 bits per heavy atom. The van der Waals surface area contributed by atoms with Gasteiger partial charge in [-0.2, -0.15) is 0 Å². The van der Waals surface area contributed by atoms with Gasteiger partial charge >= 0.3 is 5.97 Å². The van der Waals surface area contributed by atoms with E-state index in [4.69, 9.17) is 4.74 Å². The Bertz CT molecular complexity index is 785. The average molecular weight is 411 g/mol. The number of fused-ring (bicyclic) bond motifs is 2. The van der Waals surface area contributed by atoms with Gasteiger partial charge in [-0.25, -0.2) is 0 Å². The molecule has 5 rings (SSSR count). The van der Waals surface area contributed by atoms with Crippen molar-refractivity contribution in [2.45, 2.75) is 51.7 Å². The lowest BCUT2D eigenvalue weighted by molar-refractivity contribution is -1.02. The van der Waals surface area contributed by atoms with E-state index in [0.29, 0.717) is 17.3 Å². The van der Waals surface area contributed by atoms with Crippen molar-refractivity contribution in [3.63, 3.8) is 0 Å². The van der Waals surface area contributed by atoms with E-state index in [1.807, 2.05) is 0 Å². The molecule has 4 aliphatic rings. The molecule has 5 atom stereocenters. The van der Waals surface area contributed by atoms with Crippen LogP contribution < -0.4 is 9.80 Å². The molecule has 0 aromatic heterocycles. The number of benzene rings is 1. The summed E-state index contributed by atoms with van der Waals surface area (Å²) in [6, 6.07) is 10.8. The Kier molecular flexibility index (Phi) is 5.49. The van der Waals surface area contributed by atoms with Gasteiger partial charge in [0.1, 0.15) is 44.7 Å². The highest BCUT2D eigenvalue weighted by atomic mass is 16.6. The smallest absolute Gasteiger partial charge is 0.315 e. The van der Waals surface area contributed by atoms with Crippen LogP contribution in [0.25, 0.3) is 0 Å². The number of carbonyl (C=O) groups excluding carboxylic acids is 1. The number of carbonyl (C=O) groups is 1. The summed E-state index contributed by atoms with van der Waals surface area (Å²) in [4.78, 5) is 16.1. The fourth-order valence-corrected chi connectivity index (χ4v) is 7.02. The Hall–Kier alpha value is -1.65. The van der Waals surface area contributed by atoms with Crippen LogP contribution >= 0.6 is 0 Å². The van der Waals surface area contributed by atoms with Crippen molar-refractivity contribution in [3.05, 3.63) is 48.0 Å². The van der Waals surface area contributed by atoms with E-state index in [1.165, 1.54) is 43.5 Å². The predicted octanol–water partition coefficient (Wildman–Crippen LogP) is 1.28. The van der Waals surface area contributed by atoms with E-state index < -0.39 is 0 Å². The van der Waals surface area contributed by atoms with Gasteiger partial charge in [-0.05, 0) is 43.4 Å². The van der Waals surface area contributed by atoms with Gasteiger partial charge in [0, 0.05) is 11.5 Å². The monoisotopic (exact) mass is 410 g/mol. The standard InChI is InChI=1S/C26H36N2O2/c1-19-7-6-10-26(2)16-24-21(15-23(19)26)22(25(29)30-24)18-28-13-11-27(12-14-28)17-20-8-4-3-5-9-20/h3-5,8-9,21-24H,1,6-7,10-18H2,2H3/p+2/t21-,22-,23+,24+,26-/m0/s1. The van der Waals surface area contributed by atoms with Gasteiger partial charge in [-0.1, -0.05) is 49.4 Å². The Labute approximate surface area is 181 Å². The number of hydrogen-bond acceptors (Lipinski definition) is 2. The summed E-state index contributed by atoms with van der Waals surface area (Å²) in [5.74, 6) is 1.18. The summed E-state index contributed by atoms with van der Waals surface area (Å²) in [7, 11) is 0. The Balaban J connectivity index is 1.19. The van der Waals surface area contributed by atoms with Crippen LogP contribution in [-0.2, 0) is 16.1 Å². The molecular formula is C26H38N2O2+2. The average Bonchev–Trinajstić information content (AvgIpc) is 3.02. The maximum atomic E-state index is 12.8. The second kappa shape index (κ2) is 8.12. The number of rotatable bonds is 4. The van der Waals surface area contributed by atoms with Crippen LogP contribution in [0.3, 0.4) is 0 Å². The molecule has 1 aromatic carbocycles. The zero-order chi connectivity index (χ0) is 20.7. The zero-order valence-corrected chi connectivity index (χ0v) is 18.5. The van der Waals surface area contributed by atoms with Crippen molar-refractivity contribution in [2.75, 3.05) is 32.7 Å². The highest BCUT2D eigenvalue weighted by molar-refractivity contribution is 5.75. The molecule has 4 heteroatoms. The number of piperazine rings is 1. The molecule has 0 bridgehead atoms. The van der Waals surface area contributed by atoms with Crippen molar-refractivity contribution in [1.82, 2.24) is 0 Å². The molecule has 2 aliphatic carbocycles. The minimum Gasteiger partial charge on any atom is -0.462 e. The highest BCUT2D eigenvalue weighted by Crippen LogP contribution is 2.56. The molecule has 2 saturated heterocycles. The Morgan fingerprint density at radius 3 is 2.63 bits per heavy atom. The van der Waals surface area contributed by atoms with Crippen LogP contribution in [0.15, 0.2) is 42.5 Å². The molecule has 2 heterocycles. The van der Waals surface area contributed by atoms with Gasteiger partial charge in [0.2, 0.25) is 0 Å². The first-order chi connectivity index (χ1) is 14.5. The summed E-state index contributed by atoms with van der Waals surface area (Å²) >= 11 is 0. The second-order valence-corrected chi connectivity index (χ2v) is 10.8. The summed E-state index contributed by atoms with van der Waals surface area (Å²) in [6.45, 7) is 13.6. The lowest BCUT2D eigenvalue weighted by Gasteiger charge is -2.50. The lowest BCUT2D eigenvalue weighted by atomic mass is 9.55. The maximum Gasteiger partial charge on any atom is 0.315 e. The van der Waals surface area contributed by atoms with Crippen LogP contribution in [0.1, 0.15) is 44.6 Å². The number of ether oxygens (including phenoxy) is 1. The molecule has 4 fully saturated rings. The van der Waals surface area contributed by atoms with Gasteiger partial charge in [0.25, 0.3) is 0 Å². The minimum atomic E-state index is 0.0874. The SMILES string of the molecule is C=C1CCC[C@@]2(C)C[C@H]3OC(=O)[C@@H](C[NH+]4CC[NH+](Cc5ccccc5)CC4)[C@@H]3C[C@H]12. The molecule has 0 spiro atoms. The fourth-order valence-electron chi connectivity index (χ4n) is 7.02. The first-order valence-corrected chi connectivity index (χ1v) is 12.1. The summed E-state index contributed by atoms with van der Waals surface area (Å²) < 4.78 is 5.98. The third-order valence-corrected chi connectivity index (χ3v) is 8.79. The molecule has 2 saturated carbocycles. The molecule has 0 radical (unpaired) electrons. The minimum absolute atomic E-state index is 0.0874. The zero-order valence-electron chi connectivity index (χ0n) is 18.5. The van der Waals surface area contributed by atoms with E-state index in [0.717, 1.165) is 39.0 Å². The molecule has 162 valence electrons. The van der Waals surface area contributed by atoms with E-state index in [-0.39, 0.29) is 18.0 Å². The number of allylic oxidation sites excluding steroid dienone is 1.